The summed E-state index contributed by atoms with van der Waals surface area (Å²) in [6.45, 7) is 0. The van der Waals surface area contributed by atoms with Gasteiger partial charge in [0.2, 0.25) is 0 Å². The third-order valence-electron chi connectivity index (χ3n) is 3.37. The van der Waals surface area contributed by atoms with Crippen molar-refractivity contribution in [1.29, 1.82) is 0 Å². The highest BCUT2D eigenvalue weighted by Crippen LogP contribution is 2.32. The second kappa shape index (κ2) is 11.9. The van der Waals surface area contributed by atoms with E-state index >= 15 is 0 Å². The summed E-state index contributed by atoms with van der Waals surface area (Å²) in [5.74, 6) is 2.67. The number of ether oxygens (including phenoxy) is 2. The van der Waals surface area contributed by atoms with Crippen molar-refractivity contribution >= 4 is 70.2 Å². The molecule has 0 aliphatic carbocycles. The summed E-state index contributed by atoms with van der Waals surface area (Å²) >= 11 is 12.0. The fourth-order valence-corrected chi connectivity index (χ4v) is 3.61. The van der Waals surface area contributed by atoms with Gasteiger partial charge in [0.25, 0.3) is 0 Å². The average molecular weight is 437 g/mol. The molecule has 0 bridgehead atoms. The molecule has 27 heavy (non-hydrogen) atoms. The van der Waals surface area contributed by atoms with Crippen LogP contribution in [0.1, 0.15) is 11.1 Å². The lowest BCUT2D eigenvalue weighted by Gasteiger charge is -2.08. The molecule has 0 saturated carbocycles. The molecule has 0 heterocycles. The van der Waals surface area contributed by atoms with Crippen LogP contribution in [-0.4, -0.2) is 24.5 Å². The molecule has 0 aliphatic rings. The molecule has 140 valence electrons. The third-order valence-corrected chi connectivity index (χ3v) is 5.22. The van der Waals surface area contributed by atoms with Crippen molar-refractivity contribution in [2.75, 3.05) is 14.2 Å². The van der Waals surface area contributed by atoms with E-state index in [0.717, 1.165) is 11.1 Å². The van der Waals surface area contributed by atoms with Crippen molar-refractivity contribution < 1.29 is 13.1 Å². The minimum atomic E-state index is 0.657. The lowest BCUT2D eigenvalue weighted by Crippen LogP contribution is -1.88. The average Bonchev–Trinajstić information content (AvgIpc) is 2.70. The van der Waals surface area contributed by atoms with Crippen LogP contribution in [0, 0.1) is 0 Å². The quantitative estimate of drug-likeness (QED) is 0.191. The maximum absolute atomic E-state index is 5.59. The van der Waals surface area contributed by atoms with E-state index in [4.69, 9.17) is 13.1 Å². The molecule has 0 aromatic heterocycles. The van der Waals surface area contributed by atoms with Crippen molar-refractivity contribution in [2.24, 2.45) is 9.98 Å². The highest BCUT2D eigenvalue weighted by Gasteiger charge is 2.06. The number of hydrogen-bond donors (Lipinski definition) is 0. The summed E-state index contributed by atoms with van der Waals surface area (Å²) < 4.78 is 16.2. The van der Waals surface area contributed by atoms with E-state index in [-0.39, 0.29) is 0 Å². The van der Waals surface area contributed by atoms with Crippen LogP contribution in [0.2, 0.25) is 0 Å². The Bertz CT molecular complexity index is 807. The molecule has 0 atom stereocenters. The van der Waals surface area contributed by atoms with E-state index in [1.165, 1.54) is 24.1 Å². The molecule has 2 rings (SSSR count). The summed E-state index contributed by atoms with van der Waals surface area (Å²) in [5, 5.41) is 4.69. The zero-order valence-electron chi connectivity index (χ0n) is 14.6. The third kappa shape index (κ3) is 6.75. The van der Waals surface area contributed by atoms with Gasteiger partial charge in [-0.1, -0.05) is 12.1 Å². The Hall–Kier alpha value is -1.70. The standard InChI is InChI=1S/C18H16N2O3S4/c1-21-17-7-13(3-5-15(17)19-11-24)9-26-23-27-10-14-4-6-16(20-12-25)18(8-14)22-2/h3-8H,9-10H2,1-2H3. The lowest BCUT2D eigenvalue weighted by molar-refractivity contribution is 0.416. The minimum absolute atomic E-state index is 0.657. The second-order valence-corrected chi connectivity index (χ2v) is 6.97. The zero-order chi connectivity index (χ0) is 19.5. The molecule has 0 spiro atoms. The second-order valence-electron chi connectivity index (χ2n) is 5.01. The summed E-state index contributed by atoms with van der Waals surface area (Å²) in [6, 6.07) is 11.4. The first-order chi connectivity index (χ1) is 13.2. The van der Waals surface area contributed by atoms with Gasteiger partial charge in [0.1, 0.15) is 22.9 Å². The zero-order valence-corrected chi connectivity index (χ0v) is 17.9. The fourth-order valence-electron chi connectivity index (χ4n) is 2.12. The number of thiocarbonyl (C=S) groups is 2. The van der Waals surface area contributed by atoms with Gasteiger partial charge in [0.15, 0.2) is 0 Å². The highest BCUT2D eigenvalue weighted by molar-refractivity contribution is 8.07. The topological polar surface area (TPSA) is 52.4 Å². The summed E-state index contributed by atoms with van der Waals surface area (Å²) in [4.78, 5) is 7.93. The summed E-state index contributed by atoms with van der Waals surface area (Å²) in [7, 11) is 3.19. The van der Waals surface area contributed by atoms with Gasteiger partial charge in [-0.15, -0.1) is 0 Å². The molecule has 2 aromatic rings. The molecule has 0 N–H and O–H groups in total. The van der Waals surface area contributed by atoms with E-state index in [1.54, 1.807) is 14.2 Å². The van der Waals surface area contributed by atoms with E-state index in [2.05, 4.69) is 44.7 Å². The Morgan fingerprint density at radius 1 is 0.815 bits per heavy atom. The van der Waals surface area contributed by atoms with Crippen LogP contribution >= 0.6 is 48.5 Å². The number of benzene rings is 2. The van der Waals surface area contributed by atoms with Crippen molar-refractivity contribution in [2.45, 2.75) is 11.5 Å². The van der Waals surface area contributed by atoms with E-state index in [9.17, 15) is 0 Å². The minimum Gasteiger partial charge on any atom is -0.494 e. The largest absolute Gasteiger partial charge is 0.494 e. The van der Waals surface area contributed by atoms with E-state index < -0.39 is 0 Å². The van der Waals surface area contributed by atoms with Gasteiger partial charge in [0.05, 0.1) is 24.5 Å². The Morgan fingerprint density at radius 3 is 1.63 bits per heavy atom. The number of aliphatic imine (C=N–C) groups is 2. The molecule has 5 nitrogen and oxygen atoms in total. The van der Waals surface area contributed by atoms with Gasteiger partial charge < -0.3 is 9.47 Å². The van der Waals surface area contributed by atoms with Gasteiger partial charge in [-0.25, -0.2) is 3.63 Å². The first-order valence-corrected chi connectivity index (χ1v) is 10.3. The van der Waals surface area contributed by atoms with Crippen LogP contribution in [-0.2, 0) is 15.1 Å². The van der Waals surface area contributed by atoms with Gasteiger partial charge in [-0.05, 0) is 59.8 Å². The summed E-state index contributed by atoms with van der Waals surface area (Å²) in [5.41, 5.74) is 3.44. The molecular formula is C18H16N2O3S4. The molecule has 2 aromatic carbocycles. The number of nitrogens with zero attached hydrogens (tertiary/aromatic N) is 2. The predicted octanol–water partition coefficient (Wildman–Crippen LogP) is 6.19. The van der Waals surface area contributed by atoms with Crippen molar-refractivity contribution in [3.05, 3.63) is 47.5 Å². The Morgan fingerprint density at radius 2 is 1.26 bits per heavy atom. The van der Waals surface area contributed by atoms with E-state index in [1.807, 2.05) is 36.4 Å². The normalized spacial score (nSPS) is 9.85. The first kappa shape index (κ1) is 21.6. The van der Waals surface area contributed by atoms with Gasteiger partial charge in [0, 0.05) is 35.6 Å². The number of isothiocyanates is 2. The molecule has 0 amide bonds. The summed E-state index contributed by atoms with van der Waals surface area (Å²) in [6.07, 6.45) is 0. The molecule has 0 aliphatic heterocycles. The smallest absolute Gasteiger partial charge is 0.145 e. The van der Waals surface area contributed by atoms with Crippen LogP contribution < -0.4 is 9.47 Å². The van der Waals surface area contributed by atoms with Gasteiger partial charge >= 0.3 is 0 Å². The fraction of sp³-hybridized carbons (Fsp3) is 0.222. The van der Waals surface area contributed by atoms with Crippen LogP contribution in [0.3, 0.4) is 0 Å². The maximum atomic E-state index is 5.59. The Balaban J connectivity index is 1.84. The first-order valence-electron chi connectivity index (χ1n) is 7.62. The number of rotatable bonds is 10. The maximum Gasteiger partial charge on any atom is 0.145 e. The SMILES string of the molecule is COc1cc(CSOSCc2ccc(N=C=S)c(OC)c2)ccc1N=C=S. The van der Waals surface area contributed by atoms with Gasteiger partial charge in [-0.2, -0.15) is 9.98 Å². The molecule has 9 heteroatoms. The molecule has 0 unspecified atom stereocenters. The highest BCUT2D eigenvalue weighted by atomic mass is 32.2. The van der Waals surface area contributed by atoms with Crippen molar-refractivity contribution in [3.63, 3.8) is 0 Å². The van der Waals surface area contributed by atoms with Crippen LogP contribution in [0.5, 0.6) is 11.5 Å². The van der Waals surface area contributed by atoms with Crippen LogP contribution in [0.25, 0.3) is 0 Å². The monoisotopic (exact) mass is 436 g/mol. The predicted molar refractivity (Wildman–Crippen MR) is 119 cm³/mol. The van der Waals surface area contributed by atoms with Crippen LogP contribution in [0.4, 0.5) is 11.4 Å². The van der Waals surface area contributed by atoms with Crippen LogP contribution in [0.15, 0.2) is 46.4 Å². The Labute approximate surface area is 177 Å². The van der Waals surface area contributed by atoms with E-state index in [0.29, 0.717) is 34.4 Å². The number of hydrogen-bond acceptors (Lipinski definition) is 9. The number of methoxy groups -OCH3 is 2. The molecule has 0 fully saturated rings. The lowest BCUT2D eigenvalue weighted by atomic mass is 10.2. The van der Waals surface area contributed by atoms with Crippen molar-refractivity contribution in [1.82, 2.24) is 0 Å². The van der Waals surface area contributed by atoms with Gasteiger partial charge in [-0.3, -0.25) is 0 Å². The molecule has 0 saturated heterocycles. The molecule has 0 radical (unpaired) electrons. The Kier molecular flexibility index (Phi) is 9.52. The molecular weight excluding hydrogens is 420 g/mol. The van der Waals surface area contributed by atoms with Crippen molar-refractivity contribution in [3.8, 4) is 11.5 Å².